The molecule has 0 radical (unpaired) electrons. The molecule has 0 bridgehead atoms. The summed E-state index contributed by atoms with van der Waals surface area (Å²) in [6.45, 7) is 4.60. The number of hydrogen-bond donors (Lipinski definition) is 0. The topological polar surface area (TPSA) is 12.9 Å². The lowest BCUT2D eigenvalue weighted by molar-refractivity contribution is 0.724. The maximum atomic E-state index is 4.40. The predicted octanol–water partition coefficient (Wildman–Crippen LogP) is 3.66. The maximum Gasteiger partial charge on any atom is 0.0705 e. The fourth-order valence-electron chi connectivity index (χ4n) is 2.17. The van der Waals surface area contributed by atoms with Crippen LogP contribution in [0.2, 0.25) is 0 Å². The van der Waals surface area contributed by atoms with Crippen molar-refractivity contribution < 1.29 is 0 Å². The Morgan fingerprint density at radius 1 is 1.33 bits per heavy atom. The van der Waals surface area contributed by atoms with Gasteiger partial charge in [-0.1, -0.05) is 19.9 Å². The largest absolute Gasteiger partial charge is 0.256 e. The molecule has 2 heterocycles. The van der Waals surface area contributed by atoms with E-state index >= 15 is 0 Å². The number of pyridine rings is 1. The van der Waals surface area contributed by atoms with Gasteiger partial charge in [-0.05, 0) is 30.2 Å². The molecule has 3 rings (SSSR count). The second-order valence-corrected chi connectivity index (χ2v) is 6.44. The molecule has 15 heavy (non-hydrogen) atoms. The molecule has 1 aliphatic rings. The van der Waals surface area contributed by atoms with Crippen molar-refractivity contribution in [3.05, 3.63) is 36.0 Å². The Labute approximate surface area is 93.9 Å². The average molecular weight is 215 g/mol. The number of rotatable bonds is 0. The van der Waals surface area contributed by atoms with Gasteiger partial charge in [0.1, 0.15) is 0 Å². The summed E-state index contributed by atoms with van der Waals surface area (Å²) in [5, 5.41) is 1.25. The first kappa shape index (κ1) is 9.22. The monoisotopic (exact) mass is 215 g/mol. The Hall–Kier alpha value is -1.02. The van der Waals surface area contributed by atoms with Crippen LogP contribution in [0.15, 0.2) is 35.4 Å². The number of thioether (sulfide) groups is 1. The summed E-state index contributed by atoms with van der Waals surface area (Å²) < 4.78 is 0.347. The van der Waals surface area contributed by atoms with E-state index in [4.69, 9.17) is 0 Å². The molecule has 0 atom stereocenters. The normalized spacial score (nSPS) is 18.0. The van der Waals surface area contributed by atoms with Gasteiger partial charge in [0.25, 0.3) is 0 Å². The van der Waals surface area contributed by atoms with Gasteiger partial charge in [0.05, 0.1) is 5.52 Å². The zero-order valence-corrected chi connectivity index (χ0v) is 9.77. The third kappa shape index (κ3) is 1.53. The van der Waals surface area contributed by atoms with E-state index in [-0.39, 0.29) is 0 Å². The fourth-order valence-corrected chi connectivity index (χ4v) is 3.44. The first-order valence-electron chi connectivity index (χ1n) is 5.21. The van der Waals surface area contributed by atoms with Crippen LogP contribution in [-0.2, 0) is 6.42 Å². The van der Waals surface area contributed by atoms with Crippen LogP contribution in [0.4, 0.5) is 0 Å². The first-order valence-corrected chi connectivity index (χ1v) is 6.02. The van der Waals surface area contributed by atoms with E-state index in [0.29, 0.717) is 4.75 Å². The summed E-state index contributed by atoms with van der Waals surface area (Å²) in [5.41, 5.74) is 2.57. The molecule has 1 aromatic carbocycles. The quantitative estimate of drug-likeness (QED) is 0.665. The molecule has 0 aliphatic carbocycles. The number of aromatic nitrogens is 1. The minimum Gasteiger partial charge on any atom is -0.256 e. The molecule has 0 spiro atoms. The minimum atomic E-state index is 0.347. The van der Waals surface area contributed by atoms with Gasteiger partial charge < -0.3 is 0 Å². The maximum absolute atomic E-state index is 4.40. The Morgan fingerprint density at radius 3 is 3.07 bits per heavy atom. The lowest BCUT2D eigenvalue weighted by Gasteiger charge is -2.13. The fraction of sp³-hybridized carbons (Fsp3) is 0.308. The third-order valence-electron chi connectivity index (χ3n) is 2.79. The van der Waals surface area contributed by atoms with Gasteiger partial charge in [-0.2, -0.15) is 0 Å². The molecular weight excluding hydrogens is 202 g/mol. The Bertz CT molecular complexity index is 485. The Kier molecular flexibility index (Phi) is 1.84. The van der Waals surface area contributed by atoms with Crippen LogP contribution in [-0.4, -0.2) is 9.73 Å². The summed E-state index contributed by atoms with van der Waals surface area (Å²) in [6.07, 6.45) is 3.02. The second kappa shape index (κ2) is 2.99. The molecule has 0 saturated carbocycles. The van der Waals surface area contributed by atoms with Crippen LogP contribution in [0.3, 0.4) is 0 Å². The highest BCUT2D eigenvalue weighted by atomic mass is 32.2. The van der Waals surface area contributed by atoms with Gasteiger partial charge in [-0.15, -0.1) is 11.8 Å². The van der Waals surface area contributed by atoms with Crippen molar-refractivity contribution >= 4 is 22.7 Å². The van der Waals surface area contributed by atoms with Gasteiger partial charge in [0.2, 0.25) is 0 Å². The van der Waals surface area contributed by atoms with Crippen LogP contribution in [0.5, 0.6) is 0 Å². The van der Waals surface area contributed by atoms with Gasteiger partial charge in [-0.25, -0.2) is 0 Å². The Morgan fingerprint density at radius 2 is 2.20 bits per heavy atom. The van der Waals surface area contributed by atoms with Gasteiger partial charge in [0, 0.05) is 21.2 Å². The standard InChI is InChI=1S/C13H13NS/c1-13(2)8-10-6-11-9(4-3-5-14-11)7-12(10)15-13/h3-7H,8H2,1-2H3. The van der Waals surface area contributed by atoms with Gasteiger partial charge >= 0.3 is 0 Å². The van der Waals surface area contributed by atoms with Crippen molar-refractivity contribution in [3.63, 3.8) is 0 Å². The van der Waals surface area contributed by atoms with Crippen molar-refractivity contribution in [2.45, 2.75) is 29.9 Å². The summed E-state index contributed by atoms with van der Waals surface area (Å²) in [5.74, 6) is 0. The third-order valence-corrected chi connectivity index (χ3v) is 4.08. The SMILES string of the molecule is CC1(C)Cc2cc3ncccc3cc2S1. The van der Waals surface area contributed by atoms with Crippen molar-refractivity contribution in [1.29, 1.82) is 0 Å². The number of nitrogens with zero attached hydrogens (tertiary/aromatic N) is 1. The van der Waals surface area contributed by atoms with E-state index in [1.54, 1.807) is 0 Å². The van der Waals surface area contributed by atoms with Crippen LogP contribution in [0.25, 0.3) is 10.9 Å². The van der Waals surface area contributed by atoms with Crippen molar-refractivity contribution in [1.82, 2.24) is 4.98 Å². The zero-order valence-electron chi connectivity index (χ0n) is 8.95. The highest BCUT2D eigenvalue weighted by molar-refractivity contribution is 8.01. The summed E-state index contributed by atoms with van der Waals surface area (Å²) >= 11 is 1.98. The lowest BCUT2D eigenvalue weighted by atomic mass is 10.0. The summed E-state index contributed by atoms with van der Waals surface area (Å²) in [4.78, 5) is 5.83. The predicted molar refractivity (Wildman–Crippen MR) is 65.4 cm³/mol. The molecule has 0 saturated heterocycles. The van der Waals surface area contributed by atoms with Crippen LogP contribution in [0, 0.1) is 0 Å². The van der Waals surface area contributed by atoms with E-state index in [9.17, 15) is 0 Å². The van der Waals surface area contributed by atoms with Gasteiger partial charge in [-0.3, -0.25) is 4.98 Å². The van der Waals surface area contributed by atoms with Crippen molar-refractivity contribution in [2.75, 3.05) is 0 Å². The number of hydrogen-bond acceptors (Lipinski definition) is 2. The Balaban J connectivity index is 2.23. The van der Waals surface area contributed by atoms with E-state index in [1.165, 1.54) is 15.8 Å². The highest BCUT2D eigenvalue weighted by Gasteiger charge is 2.29. The van der Waals surface area contributed by atoms with E-state index in [2.05, 4.69) is 37.0 Å². The molecule has 0 unspecified atom stereocenters. The smallest absolute Gasteiger partial charge is 0.0705 e. The molecule has 1 nitrogen and oxygen atoms in total. The van der Waals surface area contributed by atoms with Crippen molar-refractivity contribution in [3.8, 4) is 0 Å². The van der Waals surface area contributed by atoms with Crippen LogP contribution < -0.4 is 0 Å². The molecule has 0 N–H and O–H groups in total. The molecule has 76 valence electrons. The lowest BCUT2D eigenvalue weighted by Crippen LogP contribution is -2.11. The first-order chi connectivity index (χ1) is 7.14. The summed E-state index contributed by atoms with van der Waals surface area (Å²) in [6, 6.07) is 8.65. The molecule has 1 aliphatic heterocycles. The molecular formula is C13H13NS. The average Bonchev–Trinajstić information content (AvgIpc) is 2.46. The molecule has 0 fully saturated rings. The summed E-state index contributed by atoms with van der Waals surface area (Å²) in [7, 11) is 0. The van der Waals surface area contributed by atoms with Gasteiger partial charge in [0.15, 0.2) is 0 Å². The van der Waals surface area contributed by atoms with Crippen LogP contribution in [0.1, 0.15) is 19.4 Å². The zero-order chi connectivity index (χ0) is 10.5. The second-order valence-electron chi connectivity index (χ2n) is 4.69. The molecule has 0 amide bonds. The highest BCUT2D eigenvalue weighted by Crippen LogP contribution is 2.45. The number of benzene rings is 1. The number of fused-ring (bicyclic) bond motifs is 2. The minimum absolute atomic E-state index is 0.347. The molecule has 1 aromatic heterocycles. The van der Waals surface area contributed by atoms with E-state index in [0.717, 1.165) is 11.9 Å². The molecule has 2 aromatic rings. The molecule has 2 heteroatoms. The van der Waals surface area contributed by atoms with Crippen LogP contribution >= 0.6 is 11.8 Å². The van der Waals surface area contributed by atoms with E-state index in [1.807, 2.05) is 24.0 Å². The van der Waals surface area contributed by atoms with E-state index < -0.39 is 0 Å². The van der Waals surface area contributed by atoms with Crippen molar-refractivity contribution in [2.24, 2.45) is 0 Å².